The van der Waals surface area contributed by atoms with Crippen LogP contribution in [0.2, 0.25) is 0 Å². The highest BCUT2D eigenvalue weighted by Gasteiger charge is 2.31. The summed E-state index contributed by atoms with van der Waals surface area (Å²) in [6.45, 7) is 3.73. The molecule has 110 valence electrons. The van der Waals surface area contributed by atoms with E-state index in [0.29, 0.717) is 18.8 Å². The quantitative estimate of drug-likeness (QED) is 0.846. The molecule has 7 heteroatoms. The van der Waals surface area contributed by atoms with Gasteiger partial charge in [-0.15, -0.1) is 0 Å². The van der Waals surface area contributed by atoms with Crippen LogP contribution in [0.25, 0.3) is 0 Å². The number of sulfonamides is 1. The van der Waals surface area contributed by atoms with Gasteiger partial charge in [-0.25, -0.2) is 8.42 Å². The van der Waals surface area contributed by atoms with Crippen LogP contribution in [0.5, 0.6) is 5.75 Å². The molecule has 1 heterocycles. The van der Waals surface area contributed by atoms with Gasteiger partial charge in [0.25, 0.3) is 0 Å². The van der Waals surface area contributed by atoms with E-state index < -0.39 is 22.0 Å². The molecular formula is C13H17NO5S. The molecule has 0 unspecified atom stereocenters. The zero-order valence-electron chi connectivity index (χ0n) is 11.3. The van der Waals surface area contributed by atoms with Gasteiger partial charge in [0.05, 0.1) is 6.61 Å². The maximum absolute atomic E-state index is 12.4. The average Bonchev–Trinajstić information content (AvgIpc) is 2.83. The lowest BCUT2D eigenvalue weighted by Crippen LogP contribution is -2.44. The minimum atomic E-state index is -3.93. The van der Waals surface area contributed by atoms with E-state index in [1.54, 1.807) is 26.0 Å². The first-order chi connectivity index (χ1) is 9.33. The molecule has 0 saturated heterocycles. The number of hydrogen-bond acceptors (Lipinski definition) is 4. The second-order valence-electron chi connectivity index (χ2n) is 5.02. The number of hydrogen-bond donors (Lipinski definition) is 2. The van der Waals surface area contributed by atoms with Gasteiger partial charge >= 0.3 is 5.97 Å². The highest BCUT2D eigenvalue weighted by atomic mass is 32.2. The van der Waals surface area contributed by atoms with Crippen LogP contribution in [0.15, 0.2) is 23.1 Å². The van der Waals surface area contributed by atoms with E-state index >= 15 is 0 Å². The van der Waals surface area contributed by atoms with E-state index in [1.165, 1.54) is 6.07 Å². The number of carboxylic acid groups (broad SMARTS) is 1. The van der Waals surface area contributed by atoms with Crippen molar-refractivity contribution < 1.29 is 23.1 Å². The zero-order chi connectivity index (χ0) is 14.9. The highest BCUT2D eigenvalue weighted by Crippen LogP contribution is 2.32. The van der Waals surface area contributed by atoms with Gasteiger partial charge in [0.2, 0.25) is 10.0 Å². The number of nitrogens with one attached hydrogen (secondary N) is 1. The molecule has 0 spiro atoms. The van der Waals surface area contributed by atoms with E-state index in [2.05, 4.69) is 4.72 Å². The Morgan fingerprint density at radius 2 is 2.10 bits per heavy atom. The summed E-state index contributed by atoms with van der Waals surface area (Å²) in [5.41, 5.74) is 0.823. The summed E-state index contributed by atoms with van der Waals surface area (Å²) in [6.07, 6.45) is 0.658. The maximum atomic E-state index is 12.4. The lowest BCUT2D eigenvalue weighted by Gasteiger charge is -2.18. The summed E-state index contributed by atoms with van der Waals surface area (Å²) in [5.74, 6) is -1.23. The Hall–Kier alpha value is -1.60. The summed E-state index contributed by atoms with van der Waals surface area (Å²) in [7, 11) is -3.93. The topological polar surface area (TPSA) is 92.7 Å². The molecule has 0 radical (unpaired) electrons. The van der Waals surface area contributed by atoms with E-state index in [0.717, 1.165) is 5.56 Å². The Morgan fingerprint density at radius 1 is 1.40 bits per heavy atom. The lowest BCUT2D eigenvalue weighted by atomic mass is 10.1. The lowest BCUT2D eigenvalue weighted by molar-refractivity contribution is -0.140. The van der Waals surface area contributed by atoms with Crippen molar-refractivity contribution in [3.8, 4) is 5.75 Å². The predicted octanol–water partition coefficient (Wildman–Crippen LogP) is 1.01. The smallest absolute Gasteiger partial charge is 0.322 e. The van der Waals surface area contributed by atoms with Crippen molar-refractivity contribution >= 4 is 16.0 Å². The molecule has 1 aliphatic rings. The molecule has 2 rings (SSSR count). The largest absolute Gasteiger partial charge is 0.492 e. The number of ether oxygens (including phenoxy) is 1. The van der Waals surface area contributed by atoms with Gasteiger partial charge < -0.3 is 9.84 Å². The van der Waals surface area contributed by atoms with Gasteiger partial charge in [-0.2, -0.15) is 4.72 Å². The van der Waals surface area contributed by atoms with Crippen LogP contribution in [-0.2, 0) is 21.2 Å². The van der Waals surface area contributed by atoms with Crippen molar-refractivity contribution in [1.82, 2.24) is 4.72 Å². The fourth-order valence-electron chi connectivity index (χ4n) is 2.10. The fourth-order valence-corrected chi connectivity index (χ4v) is 3.62. The molecule has 0 amide bonds. The first kappa shape index (κ1) is 14.8. The van der Waals surface area contributed by atoms with Gasteiger partial charge in [-0.05, 0) is 17.5 Å². The molecule has 1 aromatic rings. The fraction of sp³-hybridized carbons (Fsp3) is 0.462. The molecular weight excluding hydrogens is 282 g/mol. The first-order valence-corrected chi connectivity index (χ1v) is 7.81. The standard InChI is InChI=1S/C13H17NO5S/c1-8(2)11(13(15)16)14-20(17,18)10-5-3-4-9-6-7-19-12(9)10/h3-5,8,11,14H,6-7H2,1-2H3,(H,15,16)/t11-/m0/s1. The summed E-state index contributed by atoms with van der Waals surface area (Å²) in [4.78, 5) is 11.1. The first-order valence-electron chi connectivity index (χ1n) is 6.33. The molecule has 0 aliphatic carbocycles. The summed E-state index contributed by atoms with van der Waals surface area (Å²) in [5, 5.41) is 9.09. The van der Waals surface area contributed by atoms with Crippen molar-refractivity contribution in [1.29, 1.82) is 0 Å². The van der Waals surface area contributed by atoms with E-state index in [1.807, 2.05) is 0 Å². The molecule has 6 nitrogen and oxygen atoms in total. The van der Waals surface area contributed by atoms with E-state index in [9.17, 15) is 13.2 Å². The molecule has 0 bridgehead atoms. The summed E-state index contributed by atoms with van der Waals surface area (Å²) >= 11 is 0. The molecule has 1 aromatic carbocycles. The Kier molecular flexibility index (Phi) is 4.01. The van der Waals surface area contributed by atoms with Crippen molar-refractivity contribution in [2.75, 3.05) is 6.61 Å². The SMILES string of the molecule is CC(C)[C@H](NS(=O)(=O)c1cccc2c1OCC2)C(=O)O. The van der Waals surface area contributed by atoms with Crippen molar-refractivity contribution in [3.05, 3.63) is 23.8 Å². The molecule has 0 aromatic heterocycles. The van der Waals surface area contributed by atoms with Gasteiger partial charge in [0, 0.05) is 6.42 Å². The van der Waals surface area contributed by atoms with Crippen molar-refractivity contribution in [2.24, 2.45) is 5.92 Å². The zero-order valence-corrected chi connectivity index (χ0v) is 12.1. The number of para-hydroxylation sites is 1. The third kappa shape index (κ3) is 2.78. The Balaban J connectivity index is 2.37. The number of carboxylic acids is 1. The Labute approximate surface area is 117 Å². The third-order valence-electron chi connectivity index (χ3n) is 3.18. The number of rotatable bonds is 5. The third-order valence-corrected chi connectivity index (χ3v) is 4.65. The van der Waals surface area contributed by atoms with E-state index in [-0.39, 0.29) is 10.8 Å². The number of carbonyl (C=O) groups is 1. The van der Waals surface area contributed by atoms with Crippen LogP contribution < -0.4 is 9.46 Å². The Morgan fingerprint density at radius 3 is 2.70 bits per heavy atom. The van der Waals surface area contributed by atoms with Gasteiger partial charge in [-0.1, -0.05) is 26.0 Å². The molecule has 20 heavy (non-hydrogen) atoms. The molecule has 0 saturated carbocycles. The van der Waals surface area contributed by atoms with Crippen LogP contribution in [0.1, 0.15) is 19.4 Å². The second-order valence-corrected chi connectivity index (χ2v) is 6.71. The normalized spacial score (nSPS) is 15.8. The molecule has 0 fully saturated rings. The maximum Gasteiger partial charge on any atom is 0.322 e. The monoisotopic (exact) mass is 299 g/mol. The Bertz CT molecular complexity index is 624. The molecule has 1 aliphatic heterocycles. The van der Waals surface area contributed by atoms with Crippen molar-refractivity contribution in [3.63, 3.8) is 0 Å². The molecule has 1 atom stereocenters. The number of aliphatic carboxylic acids is 1. The predicted molar refractivity (Wildman–Crippen MR) is 72.2 cm³/mol. The number of fused-ring (bicyclic) bond motifs is 1. The second kappa shape index (κ2) is 5.41. The van der Waals surface area contributed by atoms with Gasteiger partial charge in [0.15, 0.2) is 0 Å². The highest BCUT2D eigenvalue weighted by molar-refractivity contribution is 7.89. The van der Waals surface area contributed by atoms with E-state index in [4.69, 9.17) is 9.84 Å². The van der Waals surface area contributed by atoms with Gasteiger partial charge in [0.1, 0.15) is 16.7 Å². The number of benzene rings is 1. The summed E-state index contributed by atoms with van der Waals surface area (Å²) in [6, 6.07) is 3.69. The minimum Gasteiger partial charge on any atom is -0.492 e. The van der Waals surface area contributed by atoms with Gasteiger partial charge in [-0.3, -0.25) is 4.79 Å². The van der Waals surface area contributed by atoms with Crippen LogP contribution >= 0.6 is 0 Å². The van der Waals surface area contributed by atoms with Crippen LogP contribution in [0.3, 0.4) is 0 Å². The average molecular weight is 299 g/mol. The minimum absolute atomic E-state index is 0.000556. The van der Waals surface area contributed by atoms with Crippen LogP contribution in [0.4, 0.5) is 0 Å². The summed E-state index contributed by atoms with van der Waals surface area (Å²) < 4.78 is 32.3. The van der Waals surface area contributed by atoms with Crippen molar-refractivity contribution in [2.45, 2.75) is 31.2 Å². The van der Waals surface area contributed by atoms with Crippen LogP contribution in [-0.4, -0.2) is 32.1 Å². The molecule has 2 N–H and O–H groups in total. The van der Waals surface area contributed by atoms with Crippen LogP contribution in [0, 0.1) is 5.92 Å².